The Bertz CT molecular complexity index is 142. The van der Waals surface area contributed by atoms with E-state index < -0.39 is 12.5 Å². The molecule has 1 aliphatic heterocycles. The van der Waals surface area contributed by atoms with Crippen LogP contribution in [0.15, 0.2) is 4.99 Å². The van der Waals surface area contributed by atoms with E-state index in [4.69, 9.17) is 0 Å². The van der Waals surface area contributed by atoms with Crippen molar-refractivity contribution in [2.24, 2.45) is 4.99 Å². The van der Waals surface area contributed by atoms with Crippen LogP contribution < -0.4 is 0 Å². The summed E-state index contributed by atoms with van der Waals surface area (Å²) in [5.74, 6) is 0. The van der Waals surface area contributed by atoms with E-state index in [9.17, 15) is 13.2 Å². The second-order valence-corrected chi connectivity index (χ2v) is 1.95. The van der Waals surface area contributed by atoms with Gasteiger partial charge >= 0.3 is 6.36 Å². The van der Waals surface area contributed by atoms with Crippen LogP contribution in [0.3, 0.4) is 0 Å². The van der Waals surface area contributed by atoms with Crippen LogP contribution in [-0.2, 0) is 4.74 Å². The maximum Gasteiger partial charge on any atom is 0.523 e. The SMILES string of the molecule is FC(F)(F)OC1C=NCC1. The van der Waals surface area contributed by atoms with Crippen LogP contribution in [0.25, 0.3) is 0 Å². The summed E-state index contributed by atoms with van der Waals surface area (Å²) in [5, 5.41) is 0. The average molecular weight is 153 g/mol. The predicted molar refractivity (Wildman–Crippen MR) is 28.9 cm³/mol. The summed E-state index contributed by atoms with van der Waals surface area (Å²) in [5.41, 5.74) is 0. The van der Waals surface area contributed by atoms with Crippen molar-refractivity contribution in [2.75, 3.05) is 6.54 Å². The highest BCUT2D eigenvalue weighted by molar-refractivity contribution is 5.65. The normalized spacial score (nSPS) is 25.7. The number of hydrogen-bond acceptors (Lipinski definition) is 2. The molecule has 1 atom stereocenters. The fraction of sp³-hybridized carbons (Fsp3) is 0.800. The van der Waals surface area contributed by atoms with Gasteiger partial charge < -0.3 is 0 Å². The summed E-state index contributed by atoms with van der Waals surface area (Å²) in [6, 6.07) is 0. The minimum absolute atomic E-state index is 0.333. The van der Waals surface area contributed by atoms with Gasteiger partial charge in [0.15, 0.2) is 0 Å². The van der Waals surface area contributed by atoms with Crippen LogP contribution in [0.1, 0.15) is 6.42 Å². The highest BCUT2D eigenvalue weighted by atomic mass is 19.4. The number of alkyl halides is 3. The van der Waals surface area contributed by atoms with Gasteiger partial charge in [0, 0.05) is 12.8 Å². The first-order valence-electron chi connectivity index (χ1n) is 2.82. The van der Waals surface area contributed by atoms with Crippen molar-refractivity contribution in [1.82, 2.24) is 0 Å². The van der Waals surface area contributed by atoms with Crippen LogP contribution in [0.5, 0.6) is 0 Å². The third-order valence-corrected chi connectivity index (χ3v) is 1.10. The first-order valence-corrected chi connectivity index (χ1v) is 2.82. The zero-order chi connectivity index (χ0) is 7.61. The third kappa shape index (κ3) is 2.34. The molecule has 0 aromatic heterocycles. The molecule has 0 aromatic rings. The maximum atomic E-state index is 11.4. The lowest BCUT2D eigenvalue weighted by molar-refractivity contribution is -0.332. The van der Waals surface area contributed by atoms with Crippen molar-refractivity contribution in [3.8, 4) is 0 Å². The van der Waals surface area contributed by atoms with Gasteiger partial charge in [0.1, 0.15) is 6.10 Å². The average Bonchev–Trinajstić information content (AvgIpc) is 2.12. The molecule has 1 rings (SSSR count). The molecule has 0 N–H and O–H groups in total. The fourth-order valence-electron chi connectivity index (χ4n) is 0.729. The van der Waals surface area contributed by atoms with Gasteiger partial charge in [0.25, 0.3) is 0 Å². The molecule has 0 bridgehead atoms. The van der Waals surface area contributed by atoms with Gasteiger partial charge in [-0.05, 0) is 6.42 Å². The molecule has 0 saturated carbocycles. The molecule has 2 nitrogen and oxygen atoms in total. The number of nitrogens with zero attached hydrogens (tertiary/aromatic N) is 1. The Hall–Kier alpha value is -0.580. The van der Waals surface area contributed by atoms with Gasteiger partial charge in [0.2, 0.25) is 0 Å². The third-order valence-electron chi connectivity index (χ3n) is 1.10. The Morgan fingerprint density at radius 2 is 2.20 bits per heavy atom. The summed E-state index contributed by atoms with van der Waals surface area (Å²) in [4.78, 5) is 3.60. The van der Waals surface area contributed by atoms with E-state index in [1.54, 1.807) is 0 Å². The Labute approximate surface area is 55.7 Å². The van der Waals surface area contributed by atoms with E-state index in [1.807, 2.05) is 0 Å². The van der Waals surface area contributed by atoms with Crippen LogP contribution >= 0.6 is 0 Å². The van der Waals surface area contributed by atoms with Crippen LogP contribution in [-0.4, -0.2) is 25.2 Å². The predicted octanol–water partition coefficient (Wildman–Crippen LogP) is 1.37. The molecular formula is C5H6F3NO. The van der Waals surface area contributed by atoms with E-state index in [1.165, 1.54) is 6.21 Å². The van der Waals surface area contributed by atoms with Gasteiger partial charge in [-0.1, -0.05) is 0 Å². The number of halogens is 3. The van der Waals surface area contributed by atoms with Crippen LogP contribution in [0.2, 0.25) is 0 Å². The molecule has 1 heterocycles. The van der Waals surface area contributed by atoms with Crippen molar-refractivity contribution in [1.29, 1.82) is 0 Å². The van der Waals surface area contributed by atoms with E-state index in [2.05, 4.69) is 9.73 Å². The molecule has 0 amide bonds. The molecular weight excluding hydrogens is 147 g/mol. The second kappa shape index (κ2) is 2.57. The molecule has 0 fully saturated rings. The first-order chi connectivity index (χ1) is 4.58. The van der Waals surface area contributed by atoms with E-state index >= 15 is 0 Å². The number of ether oxygens (including phenoxy) is 1. The number of rotatable bonds is 1. The molecule has 1 aliphatic rings. The molecule has 0 saturated heterocycles. The van der Waals surface area contributed by atoms with Crippen molar-refractivity contribution in [3.05, 3.63) is 0 Å². The largest absolute Gasteiger partial charge is 0.523 e. The van der Waals surface area contributed by atoms with E-state index in [-0.39, 0.29) is 0 Å². The van der Waals surface area contributed by atoms with Gasteiger partial charge in [0.05, 0.1) is 0 Å². The highest BCUT2D eigenvalue weighted by Gasteiger charge is 2.33. The molecule has 0 radical (unpaired) electrons. The Balaban J connectivity index is 2.31. The molecule has 1 unspecified atom stereocenters. The van der Waals surface area contributed by atoms with Gasteiger partial charge in [-0.25, -0.2) is 0 Å². The van der Waals surface area contributed by atoms with E-state index in [0.717, 1.165) is 0 Å². The van der Waals surface area contributed by atoms with Crippen molar-refractivity contribution >= 4 is 6.21 Å². The molecule has 5 heteroatoms. The molecule has 10 heavy (non-hydrogen) atoms. The molecule has 0 spiro atoms. The molecule has 58 valence electrons. The van der Waals surface area contributed by atoms with Crippen LogP contribution in [0, 0.1) is 0 Å². The minimum Gasteiger partial charge on any atom is -0.295 e. The Kier molecular flexibility index (Phi) is 1.94. The second-order valence-electron chi connectivity index (χ2n) is 1.95. The smallest absolute Gasteiger partial charge is 0.295 e. The summed E-state index contributed by atoms with van der Waals surface area (Å²) in [7, 11) is 0. The Morgan fingerprint density at radius 1 is 1.50 bits per heavy atom. The first kappa shape index (κ1) is 7.53. The maximum absolute atomic E-state index is 11.4. The topological polar surface area (TPSA) is 21.6 Å². The highest BCUT2D eigenvalue weighted by Crippen LogP contribution is 2.20. The van der Waals surface area contributed by atoms with Gasteiger partial charge in [-0.3, -0.25) is 9.73 Å². The molecule has 0 aliphatic carbocycles. The summed E-state index contributed by atoms with van der Waals surface area (Å²) in [6.45, 7) is 0.431. The van der Waals surface area contributed by atoms with Gasteiger partial charge in [-0.2, -0.15) is 0 Å². The Morgan fingerprint density at radius 3 is 2.60 bits per heavy atom. The number of hydrogen-bond donors (Lipinski definition) is 0. The lowest BCUT2D eigenvalue weighted by Gasteiger charge is -2.10. The zero-order valence-electron chi connectivity index (χ0n) is 5.06. The zero-order valence-corrected chi connectivity index (χ0v) is 5.06. The van der Waals surface area contributed by atoms with Crippen LogP contribution in [0.4, 0.5) is 13.2 Å². The van der Waals surface area contributed by atoms with E-state index in [0.29, 0.717) is 13.0 Å². The van der Waals surface area contributed by atoms with Crippen molar-refractivity contribution in [2.45, 2.75) is 18.9 Å². The lowest BCUT2D eigenvalue weighted by Crippen LogP contribution is -2.23. The summed E-state index contributed by atoms with van der Waals surface area (Å²) < 4.78 is 37.9. The van der Waals surface area contributed by atoms with Crippen molar-refractivity contribution < 1.29 is 17.9 Å². The lowest BCUT2D eigenvalue weighted by atomic mass is 10.3. The number of aliphatic imine (C=N–C) groups is 1. The summed E-state index contributed by atoms with van der Waals surface area (Å²) in [6.07, 6.45) is -3.87. The standard InChI is InChI=1S/C5H6F3NO/c6-5(7,8)10-4-1-2-9-3-4/h3-4H,1-2H2. The molecule has 0 aromatic carbocycles. The minimum atomic E-state index is -4.53. The van der Waals surface area contributed by atoms with Gasteiger partial charge in [-0.15, -0.1) is 13.2 Å². The fourth-order valence-corrected chi connectivity index (χ4v) is 0.729. The quantitative estimate of drug-likeness (QED) is 0.557. The monoisotopic (exact) mass is 153 g/mol. The van der Waals surface area contributed by atoms with Crippen molar-refractivity contribution in [3.63, 3.8) is 0 Å². The summed E-state index contributed by atoms with van der Waals surface area (Å²) >= 11 is 0.